The van der Waals surface area contributed by atoms with Crippen molar-refractivity contribution in [2.45, 2.75) is 35.8 Å². The highest BCUT2D eigenvalue weighted by atomic mass is 32.2. The molecule has 0 saturated heterocycles. The lowest BCUT2D eigenvalue weighted by molar-refractivity contribution is -0.0170. The molecule has 0 fully saturated rings. The standard InChI is InChI=1S/C19H18F2N8OS/c1-18(2,31-17-6-5-16(26-27-17)29-12-23-10-25-29)19(30,8-28-11-22-9-24-28)14-4-3-13(20)7-15(14)21/h3-7,9-12,30H,8H2,1-2H3. The van der Waals surface area contributed by atoms with E-state index >= 15 is 0 Å². The second kappa shape index (κ2) is 8.12. The Balaban J connectivity index is 1.69. The summed E-state index contributed by atoms with van der Waals surface area (Å²) in [5.74, 6) is -1.12. The molecule has 0 aliphatic heterocycles. The number of nitrogens with zero attached hydrogens (tertiary/aromatic N) is 8. The van der Waals surface area contributed by atoms with E-state index in [4.69, 9.17) is 0 Å². The average Bonchev–Trinajstić information content (AvgIpc) is 3.42. The van der Waals surface area contributed by atoms with Crippen LogP contribution in [-0.4, -0.2) is 49.6 Å². The third-order valence-corrected chi connectivity index (χ3v) is 6.14. The van der Waals surface area contributed by atoms with Crippen LogP contribution in [0.1, 0.15) is 19.4 Å². The molecule has 12 heteroatoms. The fraction of sp³-hybridized carbons (Fsp3) is 0.263. The van der Waals surface area contributed by atoms with E-state index in [0.717, 1.165) is 12.1 Å². The first-order valence-corrected chi connectivity index (χ1v) is 9.98. The summed E-state index contributed by atoms with van der Waals surface area (Å²) in [7, 11) is 0. The van der Waals surface area contributed by atoms with Crippen LogP contribution in [0.25, 0.3) is 5.82 Å². The molecule has 0 saturated carbocycles. The Bertz CT molecular complexity index is 1150. The van der Waals surface area contributed by atoms with Crippen LogP contribution in [0.2, 0.25) is 0 Å². The van der Waals surface area contributed by atoms with Crippen LogP contribution in [0.4, 0.5) is 8.78 Å². The van der Waals surface area contributed by atoms with Crippen LogP contribution in [-0.2, 0) is 12.1 Å². The van der Waals surface area contributed by atoms with Gasteiger partial charge in [-0.15, -0.1) is 10.2 Å². The van der Waals surface area contributed by atoms with Gasteiger partial charge in [-0.2, -0.15) is 10.2 Å². The zero-order chi connectivity index (χ0) is 22.1. The first-order valence-electron chi connectivity index (χ1n) is 9.16. The second-order valence-corrected chi connectivity index (χ2v) is 8.90. The molecule has 0 bridgehead atoms. The van der Waals surface area contributed by atoms with Crippen molar-refractivity contribution in [2.75, 3.05) is 0 Å². The van der Waals surface area contributed by atoms with E-state index in [1.807, 2.05) is 0 Å². The summed E-state index contributed by atoms with van der Waals surface area (Å²) in [6.45, 7) is 3.37. The zero-order valence-electron chi connectivity index (χ0n) is 16.6. The van der Waals surface area contributed by atoms with Gasteiger partial charge in [0.1, 0.15) is 47.6 Å². The molecule has 160 valence electrons. The molecule has 1 N–H and O–H groups in total. The Morgan fingerprint density at radius 2 is 1.77 bits per heavy atom. The molecule has 0 amide bonds. The summed E-state index contributed by atoms with van der Waals surface area (Å²) < 4.78 is 30.1. The highest BCUT2D eigenvalue weighted by molar-refractivity contribution is 8.00. The topological polar surface area (TPSA) is 107 Å². The summed E-state index contributed by atoms with van der Waals surface area (Å²) in [5.41, 5.74) is -1.86. The molecule has 1 unspecified atom stereocenters. The number of rotatable bonds is 7. The maximum absolute atomic E-state index is 14.8. The molecule has 0 aliphatic carbocycles. The van der Waals surface area contributed by atoms with Crippen LogP contribution >= 0.6 is 11.8 Å². The van der Waals surface area contributed by atoms with Crippen molar-refractivity contribution in [3.8, 4) is 5.82 Å². The Kier molecular flexibility index (Phi) is 5.50. The number of thioether (sulfide) groups is 1. The zero-order valence-corrected chi connectivity index (χ0v) is 17.4. The Labute approximate surface area is 180 Å². The lowest BCUT2D eigenvalue weighted by Gasteiger charge is -2.42. The second-order valence-electron chi connectivity index (χ2n) is 7.26. The minimum Gasteiger partial charge on any atom is -0.382 e. The number of halogens is 2. The first kappa shape index (κ1) is 21.0. The quantitative estimate of drug-likeness (QED) is 0.433. The lowest BCUT2D eigenvalue weighted by Crippen LogP contribution is -2.49. The number of aromatic nitrogens is 8. The van der Waals surface area contributed by atoms with Gasteiger partial charge >= 0.3 is 0 Å². The number of benzene rings is 1. The monoisotopic (exact) mass is 444 g/mol. The molecule has 4 aromatic rings. The van der Waals surface area contributed by atoms with E-state index in [1.165, 1.54) is 52.5 Å². The largest absolute Gasteiger partial charge is 0.382 e. The molecule has 4 rings (SSSR count). The fourth-order valence-corrected chi connectivity index (χ4v) is 4.22. The van der Waals surface area contributed by atoms with Gasteiger partial charge in [-0.1, -0.05) is 17.8 Å². The summed E-state index contributed by atoms with van der Waals surface area (Å²) in [6, 6.07) is 6.51. The normalized spacial score (nSPS) is 13.8. The summed E-state index contributed by atoms with van der Waals surface area (Å²) in [5, 5.41) is 28.6. The molecular weight excluding hydrogens is 426 g/mol. The van der Waals surface area contributed by atoms with Crippen molar-refractivity contribution < 1.29 is 13.9 Å². The van der Waals surface area contributed by atoms with Crippen molar-refractivity contribution in [3.63, 3.8) is 0 Å². The van der Waals surface area contributed by atoms with Gasteiger partial charge in [0.15, 0.2) is 5.82 Å². The van der Waals surface area contributed by atoms with E-state index in [1.54, 1.807) is 26.0 Å². The molecule has 0 aliphatic rings. The first-order chi connectivity index (χ1) is 14.8. The fourth-order valence-electron chi connectivity index (χ4n) is 3.14. The van der Waals surface area contributed by atoms with Crippen LogP contribution < -0.4 is 0 Å². The van der Waals surface area contributed by atoms with Crippen molar-refractivity contribution in [1.29, 1.82) is 0 Å². The lowest BCUT2D eigenvalue weighted by atomic mass is 9.82. The molecule has 3 heterocycles. The van der Waals surface area contributed by atoms with Gasteiger partial charge in [0.25, 0.3) is 0 Å². The maximum atomic E-state index is 14.8. The highest BCUT2D eigenvalue weighted by Crippen LogP contribution is 2.47. The molecular formula is C19H18F2N8OS. The summed E-state index contributed by atoms with van der Waals surface area (Å²) in [4.78, 5) is 7.75. The van der Waals surface area contributed by atoms with Crippen molar-refractivity contribution in [2.24, 2.45) is 0 Å². The van der Waals surface area contributed by atoms with Crippen LogP contribution in [0.5, 0.6) is 0 Å². The predicted octanol–water partition coefficient (Wildman–Crippen LogP) is 2.39. The summed E-state index contributed by atoms with van der Waals surface area (Å²) >= 11 is 1.20. The smallest absolute Gasteiger partial charge is 0.177 e. The summed E-state index contributed by atoms with van der Waals surface area (Å²) in [6.07, 6.45) is 5.61. The van der Waals surface area contributed by atoms with Crippen molar-refractivity contribution in [1.82, 2.24) is 39.7 Å². The average molecular weight is 444 g/mol. The van der Waals surface area contributed by atoms with Gasteiger partial charge < -0.3 is 5.11 Å². The molecule has 1 atom stereocenters. The van der Waals surface area contributed by atoms with Crippen molar-refractivity contribution in [3.05, 3.63) is 72.8 Å². The maximum Gasteiger partial charge on any atom is 0.177 e. The molecule has 0 spiro atoms. The Morgan fingerprint density at radius 1 is 1.00 bits per heavy atom. The number of aliphatic hydroxyl groups is 1. The predicted molar refractivity (Wildman–Crippen MR) is 107 cm³/mol. The van der Waals surface area contributed by atoms with E-state index in [-0.39, 0.29) is 12.1 Å². The molecule has 9 nitrogen and oxygen atoms in total. The van der Waals surface area contributed by atoms with Crippen LogP contribution in [0, 0.1) is 11.6 Å². The molecule has 3 aromatic heterocycles. The molecule has 0 radical (unpaired) electrons. The Morgan fingerprint density at radius 3 is 2.39 bits per heavy atom. The van der Waals surface area contributed by atoms with E-state index in [2.05, 4.69) is 30.4 Å². The number of hydrogen-bond acceptors (Lipinski definition) is 8. The molecule has 1 aromatic carbocycles. The van der Waals surface area contributed by atoms with Gasteiger partial charge in [0.2, 0.25) is 0 Å². The van der Waals surface area contributed by atoms with Crippen molar-refractivity contribution >= 4 is 11.8 Å². The Hall–Kier alpha value is -3.25. The van der Waals surface area contributed by atoms with Crippen LogP contribution in [0.15, 0.2) is 60.7 Å². The highest BCUT2D eigenvalue weighted by Gasteiger charge is 2.48. The van der Waals surface area contributed by atoms with E-state index in [0.29, 0.717) is 10.8 Å². The SMILES string of the molecule is CC(C)(Sc1ccc(-n2cncn2)nn1)C(O)(Cn1cncn1)c1ccc(F)cc1F. The van der Waals surface area contributed by atoms with E-state index in [9.17, 15) is 13.9 Å². The third kappa shape index (κ3) is 4.16. The van der Waals surface area contributed by atoms with Crippen LogP contribution in [0.3, 0.4) is 0 Å². The van der Waals surface area contributed by atoms with Gasteiger partial charge in [-0.05, 0) is 32.0 Å². The number of hydrogen-bond donors (Lipinski definition) is 1. The van der Waals surface area contributed by atoms with E-state index < -0.39 is 22.0 Å². The van der Waals surface area contributed by atoms with Gasteiger partial charge in [-0.3, -0.25) is 0 Å². The minimum absolute atomic E-state index is 0.0610. The third-order valence-electron chi connectivity index (χ3n) is 4.87. The van der Waals surface area contributed by atoms with Gasteiger partial charge in [0.05, 0.1) is 11.3 Å². The molecule has 31 heavy (non-hydrogen) atoms. The minimum atomic E-state index is -1.80. The van der Waals surface area contributed by atoms with Gasteiger partial charge in [0, 0.05) is 11.6 Å². The van der Waals surface area contributed by atoms with Gasteiger partial charge in [-0.25, -0.2) is 28.1 Å².